The Balaban J connectivity index is 1.96. The summed E-state index contributed by atoms with van der Waals surface area (Å²) in [7, 11) is 4.35. The Morgan fingerprint density at radius 1 is 1.33 bits per heavy atom. The van der Waals surface area contributed by atoms with E-state index in [9.17, 15) is 0 Å². The lowest BCUT2D eigenvalue weighted by Gasteiger charge is -2.35. The van der Waals surface area contributed by atoms with E-state index in [1.54, 1.807) is 0 Å². The Morgan fingerprint density at radius 3 is 2.56 bits per heavy atom. The normalized spacial score (nSPS) is 18.4. The summed E-state index contributed by atoms with van der Waals surface area (Å²) in [6.07, 6.45) is 2.49. The van der Waals surface area contributed by atoms with Crippen LogP contribution in [0.3, 0.4) is 0 Å². The molecular formula is C14H22BrN3. The summed E-state index contributed by atoms with van der Waals surface area (Å²) in [5, 5.41) is 0. The van der Waals surface area contributed by atoms with Crippen LogP contribution < -0.4 is 5.73 Å². The fourth-order valence-electron chi connectivity index (χ4n) is 2.56. The predicted molar refractivity (Wildman–Crippen MR) is 80.5 cm³/mol. The maximum Gasteiger partial charge on any atom is 0.0371 e. The highest BCUT2D eigenvalue weighted by molar-refractivity contribution is 9.10. The Hall–Kier alpha value is -0.580. The first-order valence-electron chi connectivity index (χ1n) is 6.49. The number of nitrogen functional groups attached to an aromatic ring is 1. The molecule has 0 radical (unpaired) electrons. The van der Waals surface area contributed by atoms with Crippen molar-refractivity contribution in [3.05, 3.63) is 28.2 Å². The number of hydrogen-bond donors (Lipinski definition) is 1. The highest BCUT2D eigenvalue weighted by atomic mass is 79.9. The van der Waals surface area contributed by atoms with Gasteiger partial charge in [0.15, 0.2) is 0 Å². The molecule has 2 N–H and O–H groups in total. The fourth-order valence-corrected chi connectivity index (χ4v) is 3.07. The van der Waals surface area contributed by atoms with E-state index in [-0.39, 0.29) is 0 Å². The van der Waals surface area contributed by atoms with E-state index in [1.807, 2.05) is 12.1 Å². The van der Waals surface area contributed by atoms with Gasteiger partial charge in [-0.15, -0.1) is 0 Å². The van der Waals surface area contributed by atoms with Crippen molar-refractivity contribution >= 4 is 21.6 Å². The van der Waals surface area contributed by atoms with Crippen LogP contribution in [0.1, 0.15) is 18.4 Å². The van der Waals surface area contributed by atoms with Gasteiger partial charge in [-0.3, -0.25) is 4.90 Å². The zero-order valence-electron chi connectivity index (χ0n) is 11.2. The summed E-state index contributed by atoms with van der Waals surface area (Å²) in [6.45, 7) is 3.26. The molecule has 0 saturated carbocycles. The fraction of sp³-hybridized carbons (Fsp3) is 0.571. The average Bonchev–Trinajstić information content (AvgIpc) is 2.34. The summed E-state index contributed by atoms with van der Waals surface area (Å²) in [5.74, 6) is 0. The standard InChI is InChI=1S/C14H22BrN3/c1-17(2)11-6-8-18(9-7-11)10-12-13(15)4-3-5-14(12)16/h3-5,11H,6-10,16H2,1-2H3. The van der Waals surface area contributed by atoms with Crippen molar-refractivity contribution in [1.29, 1.82) is 0 Å². The lowest BCUT2D eigenvalue weighted by molar-refractivity contribution is 0.140. The minimum absolute atomic E-state index is 0.734. The van der Waals surface area contributed by atoms with Gasteiger partial charge in [0, 0.05) is 28.3 Å². The molecule has 0 aromatic heterocycles. The van der Waals surface area contributed by atoms with Crippen molar-refractivity contribution < 1.29 is 0 Å². The Labute approximate surface area is 118 Å². The first kappa shape index (κ1) is 13.8. The molecule has 3 nitrogen and oxygen atoms in total. The molecule has 0 aliphatic carbocycles. The molecule has 4 heteroatoms. The molecule has 2 rings (SSSR count). The van der Waals surface area contributed by atoms with Crippen LogP contribution in [0.4, 0.5) is 5.69 Å². The molecule has 18 heavy (non-hydrogen) atoms. The van der Waals surface area contributed by atoms with Gasteiger partial charge in [-0.05, 0) is 52.2 Å². The number of anilines is 1. The van der Waals surface area contributed by atoms with E-state index < -0.39 is 0 Å². The third-order valence-corrected chi connectivity index (χ3v) is 4.57. The Bertz CT molecular complexity index is 378. The summed E-state index contributed by atoms with van der Waals surface area (Å²) in [4.78, 5) is 4.83. The van der Waals surface area contributed by atoms with Crippen molar-refractivity contribution in [2.24, 2.45) is 0 Å². The van der Waals surface area contributed by atoms with Crippen LogP contribution in [0.25, 0.3) is 0 Å². The number of likely N-dealkylation sites (tertiary alicyclic amines) is 1. The number of rotatable bonds is 3. The summed E-state index contributed by atoms with van der Waals surface area (Å²) in [6, 6.07) is 6.77. The van der Waals surface area contributed by atoms with Gasteiger partial charge in [0.2, 0.25) is 0 Å². The minimum Gasteiger partial charge on any atom is -0.398 e. The first-order valence-corrected chi connectivity index (χ1v) is 7.29. The molecule has 1 aliphatic heterocycles. The topological polar surface area (TPSA) is 32.5 Å². The lowest BCUT2D eigenvalue weighted by Crippen LogP contribution is -2.41. The highest BCUT2D eigenvalue weighted by Gasteiger charge is 2.21. The maximum absolute atomic E-state index is 6.05. The zero-order chi connectivity index (χ0) is 13.1. The van der Waals surface area contributed by atoms with Gasteiger partial charge in [-0.1, -0.05) is 22.0 Å². The molecule has 0 atom stereocenters. The van der Waals surface area contributed by atoms with Crippen molar-refractivity contribution in [1.82, 2.24) is 9.80 Å². The molecule has 1 fully saturated rings. The molecule has 0 unspecified atom stereocenters. The minimum atomic E-state index is 0.734. The van der Waals surface area contributed by atoms with E-state index in [1.165, 1.54) is 18.4 Å². The second-order valence-electron chi connectivity index (χ2n) is 5.28. The van der Waals surface area contributed by atoms with Gasteiger partial charge in [0.1, 0.15) is 0 Å². The number of benzene rings is 1. The molecule has 100 valence electrons. The number of nitrogens with two attached hydrogens (primary N) is 1. The van der Waals surface area contributed by atoms with Crippen molar-refractivity contribution in [3.8, 4) is 0 Å². The summed E-state index contributed by atoms with van der Waals surface area (Å²) < 4.78 is 1.12. The lowest BCUT2D eigenvalue weighted by atomic mass is 10.0. The van der Waals surface area contributed by atoms with E-state index in [4.69, 9.17) is 5.73 Å². The largest absolute Gasteiger partial charge is 0.398 e. The van der Waals surface area contributed by atoms with E-state index >= 15 is 0 Å². The summed E-state index contributed by atoms with van der Waals surface area (Å²) >= 11 is 3.59. The van der Waals surface area contributed by atoms with Crippen LogP contribution in [0.5, 0.6) is 0 Å². The maximum atomic E-state index is 6.05. The Kier molecular flexibility index (Phi) is 4.65. The van der Waals surface area contributed by atoms with Gasteiger partial charge < -0.3 is 10.6 Å². The molecule has 0 spiro atoms. The second kappa shape index (κ2) is 6.04. The van der Waals surface area contributed by atoms with E-state index in [2.05, 4.69) is 45.9 Å². The van der Waals surface area contributed by atoms with Crippen LogP contribution >= 0.6 is 15.9 Å². The third-order valence-electron chi connectivity index (χ3n) is 3.82. The van der Waals surface area contributed by atoms with Crippen LogP contribution in [0, 0.1) is 0 Å². The molecule has 1 aromatic carbocycles. The van der Waals surface area contributed by atoms with Gasteiger partial charge in [0.05, 0.1) is 0 Å². The molecule has 1 aromatic rings. The van der Waals surface area contributed by atoms with Gasteiger partial charge in [0.25, 0.3) is 0 Å². The molecule has 0 amide bonds. The van der Waals surface area contributed by atoms with Crippen molar-refractivity contribution in [3.63, 3.8) is 0 Å². The van der Waals surface area contributed by atoms with Gasteiger partial charge in [-0.25, -0.2) is 0 Å². The number of hydrogen-bond acceptors (Lipinski definition) is 3. The van der Waals surface area contributed by atoms with Crippen LogP contribution in [-0.2, 0) is 6.54 Å². The summed E-state index contributed by atoms with van der Waals surface area (Å²) in [5.41, 5.74) is 8.16. The van der Waals surface area contributed by atoms with Crippen molar-refractivity contribution in [2.75, 3.05) is 32.9 Å². The Morgan fingerprint density at radius 2 is 2.00 bits per heavy atom. The van der Waals surface area contributed by atoms with E-state index in [0.29, 0.717) is 0 Å². The zero-order valence-corrected chi connectivity index (χ0v) is 12.8. The van der Waals surface area contributed by atoms with Crippen LogP contribution in [0.2, 0.25) is 0 Å². The van der Waals surface area contributed by atoms with Gasteiger partial charge in [-0.2, -0.15) is 0 Å². The average molecular weight is 312 g/mol. The van der Waals surface area contributed by atoms with Crippen LogP contribution in [0.15, 0.2) is 22.7 Å². The van der Waals surface area contributed by atoms with Crippen molar-refractivity contribution in [2.45, 2.75) is 25.4 Å². The number of piperidine rings is 1. The van der Waals surface area contributed by atoms with Gasteiger partial charge >= 0.3 is 0 Å². The predicted octanol–water partition coefficient (Wildman–Crippen LogP) is 2.56. The monoisotopic (exact) mass is 311 g/mol. The third kappa shape index (κ3) is 3.25. The molecule has 1 saturated heterocycles. The number of halogens is 1. The highest BCUT2D eigenvalue weighted by Crippen LogP contribution is 2.25. The second-order valence-corrected chi connectivity index (χ2v) is 6.13. The first-order chi connectivity index (χ1) is 8.58. The molecular weight excluding hydrogens is 290 g/mol. The molecule has 1 aliphatic rings. The molecule has 1 heterocycles. The quantitative estimate of drug-likeness (QED) is 0.871. The smallest absolute Gasteiger partial charge is 0.0371 e. The van der Waals surface area contributed by atoms with E-state index in [0.717, 1.165) is 35.8 Å². The number of nitrogens with zero attached hydrogens (tertiary/aromatic N) is 2. The molecule has 0 bridgehead atoms. The van der Waals surface area contributed by atoms with Crippen LogP contribution in [-0.4, -0.2) is 43.0 Å². The SMILES string of the molecule is CN(C)C1CCN(Cc2c(N)cccc2Br)CC1.